The Labute approximate surface area is 102 Å². The van der Waals surface area contributed by atoms with Crippen molar-refractivity contribution in [3.05, 3.63) is 53.9 Å². The van der Waals surface area contributed by atoms with Crippen LogP contribution in [0.1, 0.15) is 21.7 Å². The minimum atomic E-state index is -0.0263. The molecular formula is C14H18N2O. The molecule has 17 heavy (non-hydrogen) atoms. The normalized spacial score (nSPS) is 9.82. The second-order valence-corrected chi connectivity index (χ2v) is 4.16. The molecule has 0 saturated heterocycles. The highest BCUT2D eigenvalue weighted by atomic mass is 16.2. The number of aromatic nitrogens is 1. The van der Waals surface area contributed by atoms with Crippen molar-refractivity contribution in [2.24, 2.45) is 0 Å². The molecule has 0 fully saturated rings. The Morgan fingerprint density at radius 1 is 1.41 bits per heavy atom. The van der Waals surface area contributed by atoms with Crippen LogP contribution in [0.5, 0.6) is 0 Å². The van der Waals surface area contributed by atoms with Gasteiger partial charge in [-0.05, 0) is 31.6 Å². The van der Waals surface area contributed by atoms with Crippen LogP contribution in [0.2, 0.25) is 0 Å². The number of carbonyl (C=O) groups excluding carboxylic acids is 1. The molecule has 0 saturated carbocycles. The molecule has 1 rings (SSSR count). The summed E-state index contributed by atoms with van der Waals surface area (Å²) in [5, 5.41) is 0. The van der Waals surface area contributed by atoms with E-state index in [4.69, 9.17) is 0 Å². The van der Waals surface area contributed by atoms with Crippen molar-refractivity contribution in [3.63, 3.8) is 0 Å². The number of aryl methyl sites for hydroxylation is 2. The molecule has 0 unspecified atom stereocenters. The zero-order valence-electron chi connectivity index (χ0n) is 10.7. The molecular weight excluding hydrogens is 212 g/mol. The molecule has 0 bridgehead atoms. The molecule has 0 aromatic carbocycles. The van der Waals surface area contributed by atoms with Gasteiger partial charge >= 0.3 is 0 Å². The number of rotatable bonds is 4. The smallest absolute Gasteiger partial charge is 0.254 e. The molecule has 0 atom stereocenters. The lowest BCUT2D eigenvalue weighted by molar-refractivity contribution is 0.0807. The largest absolute Gasteiger partial charge is 0.337 e. The summed E-state index contributed by atoms with van der Waals surface area (Å²) in [5.74, 6) is -0.0263. The van der Waals surface area contributed by atoms with E-state index in [1.165, 1.54) is 0 Å². The van der Waals surface area contributed by atoms with Crippen molar-refractivity contribution in [2.75, 3.05) is 13.6 Å². The lowest BCUT2D eigenvalue weighted by Gasteiger charge is -2.17. The molecule has 1 aromatic heterocycles. The second-order valence-electron chi connectivity index (χ2n) is 4.16. The average molecular weight is 230 g/mol. The van der Waals surface area contributed by atoms with E-state index in [0.717, 1.165) is 17.0 Å². The number of hydrogen-bond acceptors (Lipinski definition) is 2. The van der Waals surface area contributed by atoms with E-state index in [0.29, 0.717) is 12.1 Å². The molecule has 3 heteroatoms. The highest BCUT2D eigenvalue weighted by Gasteiger charge is 2.12. The van der Waals surface area contributed by atoms with Crippen LogP contribution in [0.25, 0.3) is 0 Å². The van der Waals surface area contributed by atoms with Crippen LogP contribution in [0, 0.1) is 13.8 Å². The molecule has 0 aliphatic rings. The van der Waals surface area contributed by atoms with Crippen molar-refractivity contribution in [3.8, 4) is 0 Å². The first kappa shape index (κ1) is 13.2. The maximum atomic E-state index is 12.1. The third-order valence-corrected chi connectivity index (χ3v) is 2.40. The lowest BCUT2D eigenvalue weighted by Crippen LogP contribution is -2.28. The van der Waals surface area contributed by atoms with Gasteiger partial charge in [-0.15, -0.1) is 0 Å². The standard InChI is InChI=1S/C14H18N2O/c1-6-10(2)9-16(5)14(17)13-7-11(3)15-12(4)8-13/h6-8H,1-2,9H2,3-5H3. The van der Waals surface area contributed by atoms with Gasteiger partial charge in [0.1, 0.15) is 0 Å². The highest BCUT2D eigenvalue weighted by molar-refractivity contribution is 5.94. The van der Waals surface area contributed by atoms with Crippen LogP contribution in [0.15, 0.2) is 36.9 Å². The van der Waals surface area contributed by atoms with Crippen LogP contribution < -0.4 is 0 Å². The van der Waals surface area contributed by atoms with Gasteiger partial charge in [0.2, 0.25) is 0 Å². The van der Waals surface area contributed by atoms with Crippen LogP contribution in [0.3, 0.4) is 0 Å². The van der Waals surface area contributed by atoms with Gasteiger partial charge < -0.3 is 4.90 Å². The third-order valence-electron chi connectivity index (χ3n) is 2.40. The third kappa shape index (κ3) is 3.55. The summed E-state index contributed by atoms with van der Waals surface area (Å²) in [6, 6.07) is 3.59. The van der Waals surface area contributed by atoms with Crippen LogP contribution >= 0.6 is 0 Å². The summed E-state index contributed by atoms with van der Waals surface area (Å²) >= 11 is 0. The highest BCUT2D eigenvalue weighted by Crippen LogP contribution is 2.09. The average Bonchev–Trinajstić information content (AvgIpc) is 2.26. The molecule has 1 heterocycles. The molecule has 0 aliphatic heterocycles. The van der Waals surface area contributed by atoms with Crippen LogP contribution in [-0.4, -0.2) is 29.4 Å². The summed E-state index contributed by atoms with van der Waals surface area (Å²) in [7, 11) is 1.75. The van der Waals surface area contributed by atoms with Gasteiger partial charge in [-0.1, -0.05) is 19.2 Å². The van der Waals surface area contributed by atoms with Gasteiger partial charge in [-0.3, -0.25) is 9.78 Å². The minimum absolute atomic E-state index is 0.0263. The Bertz CT molecular complexity index is 443. The summed E-state index contributed by atoms with van der Waals surface area (Å²) in [6.07, 6.45) is 1.66. The molecule has 0 radical (unpaired) electrons. The first-order valence-corrected chi connectivity index (χ1v) is 5.45. The zero-order chi connectivity index (χ0) is 13.0. The quantitative estimate of drug-likeness (QED) is 0.745. The van der Waals surface area contributed by atoms with E-state index in [9.17, 15) is 4.79 Å². The van der Waals surface area contributed by atoms with Crippen LogP contribution in [-0.2, 0) is 0 Å². The van der Waals surface area contributed by atoms with E-state index in [1.54, 1.807) is 30.2 Å². The predicted octanol–water partition coefficient (Wildman–Crippen LogP) is 2.51. The topological polar surface area (TPSA) is 33.2 Å². The van der Waals surface area contributed by atoms with Crippen LogP contribution in [0.4, 0.5) is 0 Å². The van der Waals surface area contributed by atoms with Crippen molar-refractivity contribution in [1.82, 2.24) is 9.88 Å². The molecule has 0 aliphatic carbocycles. The fraction of sp³-hybridized carbons (Fsp3) is 0.286. The van der Waals surface area contributed by atoms with Gasteiger partial charge in [0.25, 0.3) is 5.91 Å². The van der Waals surface area contributed by atoms with E-state index in [-0.39, 0.29) is 5.91 Å². The Balaban J connectivity index is 2.88. The first-order valence-electron chi connectivity index (χ1n) is 5.45. The number of carbonyl (C=O) groups is 1. The van der Waals surface area contributed by atoms with Gasteiger partial charge in [0, 0.05) is 30.5 Å². The molecule has 3 nitrogen and oxygen atoms in total. The maximum absolute atomic E-state index is 12.1. The maximum Gasteiger partial charge on any atom is 0.254 e. The van der Waals surface area contributed by atoms with Crippen molar-refractivity contribution in [1.29, 1.82) is 0 Å². The molecule has 0 spiro atoms. The summed E-state index contributed by atoms with van der Waals surface area (Å²) in [6.45, 7) is 11.7. The van der Waals surface area contributed by atoms with Crippen molar-refractivity contribution < 1.29 is 4.79 Å². The van der Waals surface area contributed by atoms with Crippen molar-refractivity contribution >= 4 is 5.91 Å². The summed E-state index contributed by atoms with van der Waals surface area (Å²) in [4.78, 5) is 18.0. The number of pyridine rings is 1. The predicted molar refractivity (Wildman–Crippen MR) is 70.0 cm³/mol. The monoisotopic (exact) mass is 230 g/mol. The zero-order valence-corrected chi connectivity index (χ0v) is 10.7. The Hall–Kier alpha value is -1.90. The number of likely N-dealkylation sites (N-methyl/N-ethyl adjacent to an activating group) is 1. The molecule has 90 valence electrons. The molecule has 1 amide bonds. The lowest BCUT2D eigenvalue weighted by atomic mass is 10.1. The first-order chi connectivity index (χ1) is 7.93. The fourth-order valence-electron chi connectivity index (χ4n) is 1.62. The van der Waals surface area contributed by atoms with Gasteiger partial charge in [-0.25, -0.2) is 0 Å². The summed E-state index contributed by atoms with van der Waals surface area (Å²) < 4.78 is 0. The van der Waals surface area contributed by atoms with E-state index >= 15 is 0 Å². The van der Waals surface area contributed by atoms with Gasteiger partial charge in [-0.2, -0.15) is 0 Å². The van der Waals surface area contributed by atoms with E-state index < -0.39 is 0 Å². The van der Waals surface area contributed by atoms with Crippen molar-refractivity contribution in [2.45, 2.75) is 13.8 Å². The Morgan fingerprint density at radius 3 is 2.41 bits per heavy atom. The number of nitrogens with zero attached hydrogens (tertiary/aromatic N) is 2. The second kappa shape index (κ2) is 5.43. The van der Waals surface area contributed by atoms with Gasteiger partial charge in [0.15, 0.2) is 0 Å². The van der Waals surface area contributed by atoms with E-state index in [2.05, 4.69) is 18.1 Å². The Morgan fingerprint density at radius 2 is 1.94 bits per heavy atom. The molecule has 1 aromatic rings. The molecule has 0 N–H and O–H groups in total. The number of hydrogen-bond donors (Lipinski definition) is 0. The minimum Gasteiger partial charge on any atom is -0.337 e. The van der Waals surface area contributed by atoms with E-state index in [1.807, 2.05) is 13.8 Å². The summed E-state index contributed by atoms with van der Waals surface area (Å²) in [5.41, 5.74) is 3.19. The number of amides is 1. The van der Waals surface area contributed by atoms with Gasteiger partial charge in [0.05, 0.1) is 0 Å². The Kier molecular flexibility index (Phi) is 4.21. The SMILES string of the molecule is C=CC(=C)CN(C)C(=O)c1cc(C)nc(C)c1. The fourth-order valence-corrected chi connectivity index (χ4v) is 1.62.